The molecule has 0 aromatic heterocycles. The molecule has 1 N–H and O–H groups in total. The van der Waals surface area contributed by atoms with Gasteiger partial charge in [0.15, 0.2) is 0 Å². The number of nitrogens with zero attached hydrogens (tertiary/aromatic N) is 2. The number of benzene rings is 2. The first kappa shape index (κ1) is 26.0. The van der Waals surface area contributed by atoms with Gasteiger partial charge in [-0.25, -0.2) is 0 Å². The third kappa shape index (κ3) is 7.21. The average molecular weight is 508 g/mol. The Morgan fingerprint density at radius 1 is 1.03 bits per heavy atom. The summed E-state index contributed by atoms with van der Waals surface area (Å²) in [6.07, 6.45) is 0.632. The molecule has 2 fully saturated rings. The second-order valence-corrected chi connectivity index (χ2v) is 10.3. The normalized spacial score (nSPS) is 23.4. The lowest BCUT2D eigenvalue weighted by Crippen LogP contribution is -2.39. The van der Waals surface area contributed by atoms with Gasteiger partial charge < -0.3 is 10.2 Å². The smallest absolute Gasteiger partial charge is 0.339 e. The zero-order valence-corrected chi connectivity index (χ0v) is 20.8. The predicted octanol–water partition coefficient (Wildman–Crippen LogP) is 5.86. The SMILES string of the molecule is CN(C(=O)c1ccc(Cl)cc1)C1CCC(c2ccc(CN[C@H]3CCN(CC(F)(F)F)C3)cc2)CC1. The molecular weight excluding hydrogens is 475 g/mol. The fraction of sp³-hybridized carbons (Fsp3) is 0.519. The van der Waals surface area contributed by atoms with E-state index in [9.17, 15) is 18.0 Å². The molecule has 35 heavy (non-hydrogen) atoms. The largest absolute Gasteiger partial charge is 0.401 e. The summed E-state index contributed by atoms with van der Waals surface area (Å²) in [5.74, 6) is 0.517. The van der Waals surface area contributed by atoms with Crippen LogP contribution in [0.25, 0.3) is 0 Å². The number of halogens is 4. The number of alkyl halides is 3. The van der Waals surface area contributed by atoms with Crippen molar-refractivity contribution in [3.05, 3.63) is 70.2 Å². The highest BCUT2D eigenvalue weighted by Gasteiger charge is 2.34. The molecule has 2 aromatic carbocycles. The Balaban J connectivity index is 1.22. The molecule has 190 valence electrons. The van der Waals surface area contributed by atoms with Crippen molar-refractivity contribution in [2.24, 2.45) is 0 Å². The Bertz CT molecular complexity index is 973. The van der Waals surface area contributed by atoms with Gasteiger partial charge in [-0.1, -0.05) is 35.9 Å². The highest BCUT2D eigenvalue weighted by Crippen LogP contribution is 2.35. The van der Waals surface area contributed by atoms with Crippen LogP contribution in [-0.4, -0.2) is 60.6 Å². The summed E-state index contributed by atoms with van der Waals surface area (Å²) >= 11 is 5.94. The molecular formula is C27H33ClF3N3O. The molecule has 2 aliphatic rings. The second kappa shape index (κ2) is 11.3. The summed E-state index contributed by atoms with van der Waals surface area (Å²) in [5.41, 5.74) is 3.12. The molecule has 2 aromatic rings. The summed E-state index contributed by atoms with van der Waals surface area (Å²) in [6, 6.07) is 16.0. The number of hydrogen-bond donors (Lipinski definition) is 1. The van der Waals surface area contributed by atoms with Crippen LogP contribution in [0.15, 0.2) is 48.5 Å². The van der Waals surface area contributed by atoms with E-state index in [4.69, 9.17) is 11.6 Å². The van der Waals surface area contributed by atoms with Gasteiger partial charge in [-0.15, -0.1) is 0 Å². The van der Waals surface area contributed by atoms with E-state index in [1.807, 2.05) is 11.9 Å². The first-order chi connectivity index (χ1) is 16.7. The maximum atomic E-state index is 12.8. The fourth-order valence-corrected chi connectivity index (χ4v) is 5.45. The van der Waals surface area contributed by atoms with Crippen LogP contribution in [0.2, 0.25) is 5.02 Å². The molecule has 0 radical (unpaired) electrons. The highest BCUT2D eigenvalue weighted by atomic mass is 35.5. The molecule has 1 atom stereocenters. The number of carbonyl (C=O) groups excluding carboxylic acids is 1. The van der Waals surface area contributed by atoms with Crippen molar-refractivity contribution in [3.8, 4) is 0 Å². The van der Waals surface area contributed by atoms with Gasteiger partial charge in [0.25, 0.3) is 5.91 Å². The maximum absolute atomic E-state index is 12.8. The predicted molar refractivity (Wildman–Crippen MR) is 133 cm³/mol. The summed E-state index contributed by atoms with van der Waals surface area (Å²) in [7, 11) is 1.89. The number of rotatable bonds is 7. The van der Waals surface area contributed by atoms with Gasteiger partial charge in [0.05, 0.1) is 6.54 Å². The lowest BCUT2D eigenvalue weighted by molar-refractivity contribution is -0.143. The molecule has 0 unspecified atom stereocenters. The van der Waals surface area contributed by atoms with Crippen LogP contribution in [0, 0.1) is 0 Å². The topological polar surface area (TPSA) is 35.6 Å². The van der Waals surface area contributed by atoms with E-state index < -0.39 is 12.7 Å². The van der Waals surface area contributed by atoms with Crippen LogP contribution in [0.1, 0.15) is 59.5 Å². The summed E-state index contributed by atoms with van der Waals surface area (Å²) < 4.78 is 37.7. The third-order valence-corrected chi connectivity index (χ3v) is 7.63. The lowest BCUT2D eigenvalue weighted by Gasteiger charge is -2.35. The Kier molecular flexibility index (Phi) is 8.40. The molecule has 4 rings (SSSR count). The van der Waals surface area contributed by atoms with Crippen LogP contribution in [0.4, 0.5) is 13.2 Å². The molecule has 1 aliphatic carbocycles. The number of hydrogen-bond acceptors (Lipinski definition) is 3. The van der Waals surface area contributed by atoms with Gasteiger partial charge in [-0.05, 0) is 73.4 Å². The van der Waals surface area contributed by atoms with E-state index in [1.54, 1.807) is 24.3 Å². The van der Waals surface area contributed by atoms with E-state index in [1.165, 1.54) is 10.5 Å². The summed E-state index contributed by atoms with van der Waals surface area (Å²) in [6.45, 7) is 0.761. The van der Waals surface area contributed by atoms with Gasteiger partial charge in [-0.3, -0.25) is 9.69 Å². The summed E-state index contributed by atoms with van der Waals surface area (Å²) in [4.78, 5) is 16.1. The van der Waals surface area contributed by atoms with Crippen molar-refractivity contribution in [1.82, 2.24) is 15.1 Å². The van der Waals surface area contributed by atoms with Crippen molar-refractivity contribution in [3.63, 3.8) is 0 Å². The van der Waals surface area contributed by atoms with E-state index in [-0.39, 0.29) is 18.0 Å². The Morgan fingerprint density at radius 3 is 2.31 bits per heavy atom. The molecule has 0 bridgehead atoms. The van der Waals surface area contributed by atoms with Crippen LogP contribution in [-0.2, 0) is 6.54 Å². The number of amides is 1. The van der Waals surface area contributed by atoms with E-state index >= 15 is 0 Å². The highest BCUT2D eigenvalue weighted by molar-refractivity contribution is 6.30. The monoisotopic (exact) mass is 507 g/mol. The minimum atomic E-state index is -4.13. The van der Waals surface area contributed by atoms with E-state index in [0.29, 0.717) is 36.1 Å². The zero-order valence-electron chi connectivity index (χ0n) is 20.0. The number of nitrogens with one attached hydrogen (secondary N) is 1. The standard InChI is InChI=1S/C27H33ClF3N3O/c1-33(26(35)22-6-10-23(28)11-7-22)25-12-8-21(9-13-25)20-4-2-19(3-5-20)16-32-24-14-15-34(17-24)18-27(29,30)31/h2-7,10-11,21,24-25,32H,8-9,12-18H2,1H3/t21?,24-,25?/m0/s1. The molecule has 1 saturated carbocycles. The number of likely N-dealkylation sites (tertiary alicyclic amines) is 1. The van der Waals surface area contributed by atoms with Crippen LogP contribution < -0.4 is 5.32 Å². The van der Waals surface area contributed by atoms with Crippen molar-refractivity contribution in [1.29, 1.82) is 0 Å². The first-order valence-corrected chi connectivity index (χ1v) is 12.7. The minimum Gasteiger partial charge on any atom is -0.339 e. The van der Waals surface area contributed by atoms with Gasteiger partial charge in [-0.2, -0.15) is 13.2 Å². The summed E-state index contributed by atoms with van der Waals surface area (Å²) in [5, 5.41) is 4.03. The maximum Gasteiger partial charge on any atom is 0.401 e. The number of carbonyl (C=O) groups is 1. The van der Waals surface area contributed by atoms with Crippen molar-refractivity contribution < 1.29 is 18.0 Å². The molecule has 1 saturated heterocycles. The zero-order chi connectivity index (χ0) is 25.0. The van der Waals surface area contributed by atoms with Gasteiger partial charge in [0.2, 0.25) is 0 Å². The quantitative estimate of drug-likeness (QED) is 0.509. The van der Waals surface area contributed by atoms with Crippen LogP contribution >= 0.6 is 11.6 Å². The fourth-order valence-electron chi connectivity index (χ4n) is 5.32. The van der Waals surface area contributed by atoms with Gasteiger partial charge >= 0.3 is 6.18 Å². The molecule has 0 spiro atoms. The van der Waals surface area contributed by atoms with Crippen LogP contribution in [0.5, 0.6) is 0 Å². The molecule has 1 aliphatic heterocycles. The molecule has 1 heterocycles. The Labute approximate surface area is 210 Å². The lowest BCUT2D eigenvalue weighted by atomic mass is 9.81. The van der Waals surface area contributed by atoms with E-state index in [2.05, 4.69) is 29.6 Å². The van der Waals surface area contributed by atoms with Crippen LogP contribution in [0.3, 0.4) is 0 Å². The average Bonchev–Trinajstić information content (AvgIpc) is 3.28. The van der Waals surface area contributed by atoms with Crippen molar-refractivity contribution >= 4 is 17.5 Å². The minimum absolute atomic E-state index is 0.0331. The van der Waals surface area contributed by atoms with Crippen molar-refractivity contribution in [2.75, 3.05) is 26.7 Å². The third-order valence-electron chi connectivity index (χ3n) is 7.38. The molecule has 8 heteroatoms. The Morgan fingerprint density at radius 2 is 1.69 bits per heavy atom. The van der Waals surface area contributed by atoms with Gasteiger partial charge in [0.1, 0.15) is 0 Å². The van der Waals surface area contributed by atoms with E-state index in [0.717, 1.165) is 37.7 Å². The Hall–Kier alpha value is -2.09. The molecule has 4 nitrogen and oxygen atoms in total. The van der Waals surface area contributed by atoms with Gasteiger partial charge in [0, 0.05) is 49.4 Å². The molecule has 1 amide bonds. The first-order valence-electron chi connectivity index (χ1n) is 12.3. The second-order valence-electron chi connectivity index (χ2n) is 9.89. The van der Waals surface area contributed by atoms with Crippen molar-refractivity contribution in [2.45, 2.75) is 62.8 Å².